The maximum atomic E-state index is 6.17. The molecule has 2 heterocycles. The highest BCUT2D eigenvalue weighted by molar-refractivity contribution is 7.93. The Morgan fingerprint density at radius 3 is 2.61 bits per heavy atom. The lowest BCUT2D eigenvalue weighted by Gasteiger charge is -2.32. The van der Waals surface area contributed by atoms with Gasteiger partial charge in [0.1, 0.15) is 19.0 Å². The monoisotopic (exact) mass is 474 g/mol. The Bertz CT molecular complexity index is 735. The van der Waals surface area contributed by atoms with Gasteiger partial charge in [-0.15, -0.1) is 0 Å². The van der Waals surface area contributed by atoms with E-state index in [9.17, 15) is 0 Å². The minimum atomic E-state index is -0.170. The first-order chi connectivity index (χ1) is 16.2. The zero-order valence-electron chi connectivity index (χ0n) is 20.7. The summed E-state index contributed by atoms with van der Waals surface area (Å²) in [4.78, 5) is 0. The largest absolute Gasteiger partial charge is 0.494 e. The first-order valence-corrected chi connectivity index (χ1v) is 13.5. The smallest absolute Gasteiger partial charge is 0.129 e. The third-order valence-corrected chi connectivity index (χ3v) is 6.33. The molecular formula is C28H42O4S. The molecule has 1 aromatic rings. The molecule has 0 aliphatic carbocycles. The summed E-state index contributed by atoms with van der Waals surface area (Å²) in [6.07, 6.45) is 28.3. The maximum Gasteiger partial charge on any atom is 0.129 e. The maximum absolute atomic E-state index is 6.17. The van der Waals surface area contributed by atoms with Crippen molar-refractivity contribution in [1.29, 1.82) is 0 Å². The van der Waals surface area contributed by atoms with Crippen LogP contribution in [0.2, 0.25) is 0 Å². The zero-order valence-corrected chi connectivity index (χ0v) is 21.5. The van der Waals surface area contributed by atoms with Crippen molar-refractivity contribution in [3.05, 3.63) is 72.4 Å². The standard InChI is InChI=1S/C28H42O4S/c1-4-6-7-10-16-25(31-24-27-19-15-22-30-27)17-11-8-9-13-20-28(5-2,32-33-3)23-26-18-12-14-21-29-26/h10-12,14-19,22,25H,4-9,13,20-21,23-24H2,1-3H3. The summed E-state index contributed by atoms with van der Waals surface area (Å²) < 4.78 is 23.4. The van der Waals surface area contributed by atoms with Crippen molar-refractivity contribution in [3.8, 4) is 0 Å². The van der Waals surface area contributed by atoms with Gasteiger partial charge >= 0.3 is 0 Å². The van der Waals surface area contributed by atoms with Crippen molar-refractivity contribution in [2.45, 2.75) is 89.9 Å². The van der Waals surface area contributed by atoms with E-state index in [1.807, 2.05) is 24.5 Å². The fraction of sp³-hybridized carbons (Fsp3) is 0.571. The van der Waals surface area contributed by atoms with Crippen LogP contribution in [-0.2, 0) is 20.3 Å². The van der Waals surface area contributed by atoms with Gasteiger partial charge in [0.25, 0.3) is 0 Å². The molecule has 0 N–H and O–H groups in total. The van der Waals surface area contributed by atoms with Crippen molar-refractivity contribution < 1.29 is 18.1 Å². The molecule has 2 rings (SSSR count). The molecule has 184 valence electrons. The van der Waals surface area contributed by atoms with E-state index < -0.39 is 0 Å². The van der Waals surface area contributed by atoms with E-state index in [1.54, 1.807) is 6.26 Å². The Labute approximate surface area is 205 Å². The number of hydrogen-bond acceptors (Lipinski definition) is 5. The van der Waals surface area contributed by atoms with Crippen molar-refractivity contribution in [3.63, 3.8) is 0 Å². The zero-order chi connectivity index (χ0) is 23.6. The van der Waals surface area contributed by atoms with Gasteiger partial charge in [0.15, 0.2) is 0 Å². The highest BCUT2D eigenvalue weighted by atomic mass is 32.2. The van der Waals surface area contributed by atoms with Gasteiger partial charge in [0.2, 0.25) is 0 Å². The van der Waals surface area contributed by atoms with Gasteiger partial charge in [-0.2, -0.15) is 0 Å². The molecule has 0 aromatic carbocycles. The molecule has 1 aromatic heterocycles. The molecule has 0 amide bonds. The van der Waals surface area contributed by atoms with Crippen LogP contribution in [0.1, 0.15) is 77.4 Å². The summed E-state index contributed by atoms with van der Waals surface area (Å²) in [5, 5.41) is 0. The SMILES string of the molecule is CCCCC=CC(C=CCCCCC(CC)(CC1=CC=CCO1)OSC)OCc1ccco1. The molecule has 4 nitrogen and oxygen atoms in total. The summed E-state index contributed by atoms with van der Waals surface area (Å²) in [5.74, 6) is 1.88. The minimum Gasteiger partial charge on any atom is -0.494 e. The van der Waals surface area contributed by atoms with E-state index in [-0.39, 0.29) is 11.7 Å². The van der Waals surface area contributed by atoms with Gasteiger partial charge in [-0.1, -0.05) is 63.5 Å². The second-order valence-corrected chi connectivity index (χ2v) is 8.93. The number of unbranched alkanes of at least 4 members (excludes halogenated alkanes) is 4. The van der Waals surface area contributed by atoms with E-state index in [0.29, 0.717) is 13.2 Å². The van der Waals surface area contributed by atoms with Crippen LogP contribution in [0.15, 0.2) is 71.1 Å². The van der Waals surface area contributed by atoms with E-state index in [0.717, 1.165) is 56.5 Å². The lowest BCUT2D eigenvalue weighted by Crippen LogP contribution is -2.31. The van der Waals surface area contributed by atoms with E-state index in [2.05, 4.69) is 50.3 Å². The molecule has 0 saturated heterocycles. The molecule has 0 saturated carbocycles. The van der Waals surface area contributed by atoms with Crippen LogP contribution in [0.25, 0.3) is 0 Å². The summed E-state index contributed by atoms with van der Waals surface area (Å²) in [5.41, 5.74) is -0.170. The van der Waals surface area contributed by atoms with Crippen LogP contribution in [0.5, 0.6) is 0 Å². The van der Waals surface area contributed by atoms with Gasteiger partial charge in [0, 0.05) is 12.7 Å². The van der Waals surface area contributed by atoms with Crippen LogP contribution < -0.4 is 0 Å². The predicted molar refractivity (Wildman–Crippen MR) is 139 cm³/mol. The summed E-state index contributed by atoms with van der Waals surface area (Å²) in [7, 11) is 0. The van der Waals surface area contributed by atoms with Crippen molar-refractivity contribution in [2.24, 2.45) is 0 Å². The van der Waals surface area contributed by atoms with Crippen molar-refractivity contribution >= 4 is 12.0 Å². The predicted octanol–water partition coefficient (Wildman–Crippen LogP) is 8.33. The highest BCUT2D eigenvalue weighted by Gasteiger charge is 2.31. The third-order valence-electron chi connectivity index (χ3n) is 5.81. The normalized spacial score (nSPS) is 16.8. The molecule has 1 aliphatic rings. The molecule has 1 aliphatic heterocycles. The first kappa shape index (κ1) is 27.6. The van der Waals surface area contributed by atoms with Crippen LogP contribution in [-0.4, -0.2) is 24.6 Å². The van der Waals surface area contributed by atoms with Gasteiger partial charge < -0.3 is 18.1 Å². The number of rotatable bonds is 18. The Morgan fingerprint density at radius 2 is 1.97 bits per heavy atom. The van der Waals surface area contributed by atoms with Crippen LogP contribution in [0.3, 0.4) is 0 Å². The molecule has 0 radical (unpaired) electrons. The number of ether oxygens (including phenoxy) is 2. The lowest BCUT2D eigenvalue weighted by atomic mass is 9.89. The molecule has 0 fully saturated rings. The molecule has 0 bridgehead atoms. The van der Waals surface area contributed by atoms with E-state index in [1.165, 1.54) is 24.9 Å². The van der Waals surface area contributed by atoms with Crippen LogP contribution >= 0.6 is 12.0 Å². The topological polar surface area (TPSA) is 40.8 Å². The molecule has 5 heteroatoms. The molecule has 0 spiro atoms. The number of allylic oxidation sites excluding steroid dienone is 4. The van der Waals surface area contributed by atoms with Crippen LogP contribution in [0, 0.1) is 0 Å². The van der Waals surface area contributed by atoms with Gasteiger partial charge in [-0.25, -0.2) is 0 Å². The quantitative estimate of drug-likeness (QED) is 0.121. The highest BCUT2D eigenvalue weighted by Crippen LogP contribution is 2.34. The van der Waals surface area contributed by atoms with E-state index >= 15 is 0 Å². The fourth-order valence-corrected chi connectivity index (χ4v) is 4.41. The third kappa shape index (κ3) is 11.3. The molecule has 33 heavy (non-hydrogen) atoms. The van der Waals surface area contributed by atoms with E-state index in [4.69, 9.17) is 18.1 Å². The lowest BCUT2D eigenvalue weighted by molar-refractivity contribution is 0.0570. The van der Waals surface area contributed by atoms with Crippen LogP contribution in [0.4, 0.5) is 0 Å². The molecule has 2 atom stereocenters. The summed E-state index contributed by atoms with van der Waals surface area (Å²) in [6, 6.07) is 3.84. The van der Waals surface area contributed by atoms with Gasteiger partial charge in [0.05, 0.1) is 23.7 Å². The Kier molecular flexibility index (Phi) is 14.1. The minimum absolute atomic E-state index is 0.0232. The van der Waals surface area contributed by atoms with Crippen molar-refractivity contribution in [2.75, 3.05) is 12.9 Å². The first-order valence-electron chi connectivity index (χ1n) is 12.4. The Balaban J connectivity index is 1.80. The second-order valence-electron chi connectivity index (χ2n) is 8.43. The Morgan fingerprint density at radius 1 is 1.15 bits per heavy atom. The average molecular weight is 475 g/mol. The molecule has 2 unspecified atom stereocenters. The van der Waals surface area contributed by atoms with Crippen molar-refractivity contribution in [1.82, 2.24) is 0 Å². The van der Waals surface area contributed by atoms with Gasteiger partial charge in [-0.3, -0.25) is 0 Å². The average Bonchev–Trinajstić information content (AvgIpc) is 3.36. The Hall–Kier alpha value is -1.69. The fourth-order valence-electron chi connectivity index (χ4n) is 3.80. The molecular weight excluding hydrogens is 432 g/mol. The number of furan rings is 1. The summed E-state index contributed by atoms with van der Waals surface area (Å²) in [6.45, 7) is 5.57. The summed E-state index contributed by atoms with van der Waals surface area (Å²) >= 11 is 1.46. The second kappa shape index (κ2) is 16.9. The number of hydrogen-bond donors (Lipinski definition) is 0. The van der Waals surface area contributed by atoms with Gasteiger partial charge in [-0.05, 0) is 68.4 Å².